The quantitative estimate of drug-likeness (QED) is 0.913. The van der Waals surface area contributed by atoms with Crippen LogP contribution in [0.25, 0.3) is 0 Å². The smallest absolute Gasteiger partial charge is 0.0335 e. The first kappa shape index (κ1) is 13.6. The van der Waals surface area contributed by atoms with Crippen LogP contribution < -0.4 is 5.32 Å². The van der Waals surface area contributed by atoms with Crippen LogP contribution in [0.5, 0.6) is 0 Å². The van der Waals surface area contributed by atoms with Crippen molar-refractivity contribution in [1.82, 2.24) is 10.2 Å². The molecule has 3 rings (SSSR count). The fourth-order valence-electron chi connectivity index (χ4n) is 3.76. The van der Waals surface area contributed by atoms with E-state index in [1.807, 2.05) is 11.3 Å². The average Bonchev–Trinajstić information content (AvgIpc) is 3.03. The van der Waals surface area contributed by atoms with Crippen molar-refractivity contribution in [3.63, 3.8) is 0 Å². The Balaban J connectivity index is 1.70. The predicted octanol–water partition coefficient (Wildman–Crippen LogP) is 3.29. The summed E-state index contributed by atoms with van der Waals surface area (Å²) >= 11 is 1.90. The van der Waals surface area contributed by atoms with Crippen LogP contribution in [0.3, 0.4) is 0 Å². The summed E-state index contributed by atoms with van der Waals surface area (Å²) in [5.74, 6) is 0. The summed E-state index contributed by atoms with van der Waals surface area (Å²) in [5.41, 5.74) is 0.732. The molecule has 2 heterocycles. The van der Waals surface area contributed by atoms with E-state index in [9.17, 15) is 0 Å². The topological polar surface area (TPSA) is 15.3 Å². The maximum Gasteiger partial charge on any atom is 0.0335 e. The summed E-state index contributed by atoms with van der Waals surface area (Å²) in [4.78, 5) is 4.33. The van der Waals surface area contributed by atoms with Gasteiger partial charge in [0.15, 0.2) is 0 Å². The molecule has 0 atom stereocenters. The normalized spacial score (nSPS) is 26.0. The second kappa shape index (κ2) is 5.19. The van der Waals surface area contributed by atoms with Crippen molar-refractivity contribution in [1.29, 1.82) is 0 Å². The monoisotopic (exact) mass is 278 g/mol. The third-order valence-electron chi connectivity index (χ3n) is 4.90. The van der Waals surface area contributed by atoms with E-state index in [0.717, 1.165) is 0 Å². The van der Waals surface area contributed by atoms with Crippen LogP contribution in [-0.2, 0) is 6.42 Å². The van der Waals surface area contributed by atoms with Crippen LogP contribution in [0, 0.1) is 0 Å². The highest BCUT2D eigenvalue weighted by atomic mass is 32.1. The highest BCUT2D eigenvalue weighted by Gasteiger charge is 2.45. The number of nitrogens with zero attached hydrogens (tertiary/aromatic N) is 1. The molecule has 1 saturated heterocycles. The zero-order valence-corrected chi connectivity index (χ0v) is 13.1. The van der Waals surface area contributed by atoms with E-state index in [1.54, 1.807) is 0 Å². The molecule has 0 radical (unpaired) electrons. The molecule has 0 amide bonds. The van der Waals surface area contributed by atoms with Crippen LogP contribution in [0.15, 0.2) is 17.5 Å². The number of hydrogen-bond donors (Lipinski definition) is 1. The van der Waals surface area contributed by atoms with Crippen LogP contribution in [0.4, 0.5) is 0 Å². The number of hydrogen-bond acceptors (Lipinski definition) is 3. The van der Waals surface area contributed by atoms with E-state index >= 15 is 0 Å². The number of rotatable bonds is 3. The molecule has 1 spiro atoms. The van der Waals surface area contributed by atoms with Crippen molar-refractivity contribution in [3.05, 3.63) is 22.4 Å². The highest BCUT2D eigenvalue weighted by Crippen LogP contribution is 2.38. The minimum atomic E-state index is 0.267. The van der Waals surface area contributed by atoms with Gasteiger partial charge in [-0.3, -0.25) is 4.90 Å². The van der Waals surface area contributed by atoms with Gasteiger partial charge in [-0.15, -0.1) is 11.3 Å². The Morgan fingerprint density at radius 2 is 2.11 bits per heavy atom. The third kappa shape index (κ3) is 2.88. The lowest BCUT2D eigenvalue weighted by atomic mass is 9.87. The van der Waals surface area contributed by atoms with E-state index in [-0.39, 0.29) is 5.54 Å². The molecule has 1 aromatic rings. The van der Waals surface area contributed by atoms with Gasteiger partial charge in [0.25, 0.3) is 0 Å². The molecule has 2 aliphatic rings. The van der Waals surface area contributed by atoms with Crippen molar-refractivity contribution in [2.75, 3.05) is 19.6 Å². The molecule has 19 heavy (non-hydrogen) atoms. The van der Waals surface area contributed by atoms with Gasteiger partial charge in [-0.05, 0) is 44.6 Å². The van der Waals surface area contributed by atoms with Gasteiger partial charge < -0.3 is 5.32 Å². The lowest BCUT2D eigenvalue weighted by Gasteiger charge is -2.51. The predicted molar refractivity (Wildman–Crippen MR) is 82.9 cm³/mol. The second-order valence-electron chi connectivity index (χ2n) is 6.92. The Morgan fingerprint density at radius 3 is 2.79 bits per heavy atom. The Hall–Kier alpha value is -0.380. The molecule has 1 saturated carbocycles. The van der Waals surface area contributed by atoms with E-state index in [1.165, 1.54) is 56.6 Å². The van der Waals surface area contributed by atoms with E-state index in [4.69, 9.17) is 0 Å². The first-order chi connectivity index (χ1) is 9.10. The van der Waals surface area contributed by atoms with Crippen LogP contribution in [0.2, 0.25) is 0 Å². The molecule has 1 N–H and O–H groups in total. The van der Waals surface area contributed by atoms with Gasteiger partial charge in [-0.25, -0.2) is 0 Å². The summed E-state index contributed by atoms with van der Waals surface area (Å²) in [6, 6.07) is 4.45. The van der Waals surface area contributed by atoms with Crippen molar-refractivity contribution < 1.29 is 0 Å². The molecular formula is C16H26N2S. The Kier molecular flexibility index (Phi) is 3.71. The fourth-order valence-corrected chi connectivity index (χ4v) is 4.46. The van der Waals surface area contributed by atoms with E-state index < -0.39 is 0 Å². The molecule has 2 fully saturated rings. The molecule has 1 aromatic heterocycles. The molecule has 106 valence electrons. The van der Waals surface area contributed by atoms with Gasteiger partial charge in [0.1, 0.15) is 0 Å². The number of nitrogens with one attached hydrogen (secondary N) is 1. The van der Waals surface area contributed by atoms with Crippen LogP contribution in [-0.4, -0.2) is 35.6 Å². The highest BCUT2D eigenvalue weighted by molar-refractivity contribution is 7.09. The van der Waals surface area contributed by atoms with Crippen molar-refractivity contribution in [3.8, 4) is 0 Å². The minimum Gasteiger partial charge on any atom is -0.309 e. The Bertz CT molecular complexity index is 404. The van der Waals surface area contributed by atoms with Gasteiger partial charge in [0, 0.05) is 35.6 Å². The lowest BCUT2D eigenvalue weighted by Crippen LogP contribution is -2.67. The molecule has 0 unspecified atom stereocenters. The van der Waals surface area contributed by atoms with Gasteiger partial charge >= 0.3 is 0 Å². The molecule has 3 heteroatoms. The molecule has 0 aromatic carbocycles. The summed E-state index contributed by atoms with van der Waals surface area (Å²) in [6.45, 7) is 8.29. The third-order valence-corrected chi connectivity index (χ3v) is 5.83. The Labute approximate surface area is 121 Å². The molecule has 1 aliphatic heterocycles. The minimum absolute atomic E-state index is 0.267. The number of thiophene rings is 1. The summed E-state index contributed by atoms with van der Waals surface area (Å²) in [5, 5.41) is 5.97. The van der Waals surface area contributed by atoms with Crippen molar-refractivity contribution in [2.45, 2.75) is 57.0 Å². The van der Waals surface area contributed by atoms with Crippen molar-refractivity contribution in [2.24, 2.45) is 0 Å². The molecule has 1 aliphatic carbocycles. The van der Waals surface area contributed by atoms with Gasteiger partial charge in [-0.2, -0.15) is 0 Å². The van der Waals surface area contributed by atoms with Gasteiger partial charge in [0.2, 0.25) is 0 Å². The van der Waals surface area contributed by atoms with Crippen LogP contribution >= 0.6 is 11.3 Å². The lowest BCUT2D eigenvalue weighted by molar-refractivity contribution is 0.0201. The van der Waals surface area contributed by atoms with Crippen molar-refractivity contribution >= 4 is 11.3 Å². The van der Waals surface area contributed by atoms with E-state index in [2.05, 4.69) is 41.6 Å². The first-order valence-electron chi connectivity index (χ1n) is 7.62. The van der Waals surface area contributed by atoms with Gasteiger partial charge in [0.05, 0.1) is 0 Å². The maximum absolute atomic E-state index is 3.78. The fraction of sp³-hybridized carbons (Fsp3) is 0.750. The summed E-state index contributed by atoms with van der Waals surface area (Å²) < 4.78 is 0. The van der Waals surface area contributed by atoms with Crippen LogP contribution in [0.1, 0.15) is 44.4 Å². The second-order valence-corrected chi connectivity index (χ2v) is 7.95. The van der Waals surface area contributed by atoms with Gasteiger partial charge in [-0.1, -0.05) is 18.9 Å². The molecule has 0 bridgehead atoms. The molecule has 2 nitrogen and oxygen atoms in total. The number of piperazine rings is 1. The zero-order chi connectivity index (χ0) is 13.3. The summed E-state index contributed by atoms with van der Waals surface area (Å²) in [7, 11) is 0. The average molecular weight is 278 g/mol. The maximum atomic E-state index is 3.78. The SMILES string of the molecule is CC1(C)CN(CCc2cccs2)C2(CCCC2)CN1. The summed E-state index contributed by atoms with van der Waals surface area (Å²) in [6.07, 6.45) is 6.83. The zero-order valence-electron chi connectivity index (χ0n) is 12.2. The standard InChI is InChI=1S/C16H26N2S/c1-15(2)13-18(10-7-14-6-5-11-19-14)16(12-17-15)8-3-4-9-16/h5-6,11,17H,3-4,7-10,12-13H2,1-2H3. The molecular weight excluding hydrogens is 252 g/mol. The largest absolute Gasteiger partial charge is 0.309 e. The van der Waals surface area contributed by atoms with E-state index in [0.29, 0.717) is 5.54 Å². The first-order valence-corrected chi connectivity index (χ1v) is 8.50. The Morgan fingerprint density at radius 1 is 1.32 bits per heavy atom.